The van der Waals surface area contributed by atoms with Gasteiger partial charge in [0.15, 0.2) is 0 Å². The second-order valence-electron chi connectivity index (χ2n) is 9.45. The van der Waals surface area contributed by atoms with Gasteiger partial charge in [0.1, 0.15) is 23.7 Å². The van der Waals surface area contributed by atoms with Gasteiger partial charge in [0, 0.05) is 31.6 Å². The zero-order valence-electron chi connectivity index (χ0n) is 23.5. The lowest BCUT2D eigenvalue weighted by Gasteiger charge is -2.56. The van der Waals surface area contributed by atoms with E-state index in [4.69, 9.17) is 9.47 Å². The largest absolute Gasteiger partial charge is 0.477 e. The summed E-state index contributed by atoms with van der Waals surface area (Å²) in [5, 5.41) is 19.1. The molecule has 15 nitrogen and oxygen atoms in total. The van der Waals surface area contributed by atoms with Gasteiger partial charge >= 0.3 is 24.0 Å². The fourth-order valence-electron chi connectivity index (χ4n) is 4.67. The van der Waals surface area contributed by atoms with Gasteiger partial charge in [0.2, 0.25) is 5.91 Å². The van der Waals surface area contributed by atoms with Crippen LogP contribution in [0.1, 0.15) is 25.5 Å². The average Bonchev–Trinajstić information content (AvgIpc) is 3.36. The Bertz CT molecular complexity index is 1410. The number of carbonyl (C=O) groups is 6. The Hall–Kier alpha value is -4.70. The van der Waals surface area contributed by atoms with Crippen molar-refractivity contribution in [3.63, 3.8) is 0 Å². The molecule has 0 radical (unpaired) electrons. The lowest BCUT2D eigenvalue weighted by atomic mass is 9.97. The number of β-lactam (4-membered cyclic amide) rings is 1. The molecule has 0 aliphatic carbocycles. The molecule has 0 saturated carbocycles. The molecule has 3 aliphatic heterocycles. The van der Waals surface area contributed by atoms with Crippen LogP contribution in [0.2, 0.25) is 0 Å². The molecule has 2 saturated heterocycles. The van der Waals surface area contributed by atoms with E-state index >= 15 is 0 Å². The van der Waals surface area contributed by atoms with E-state index in [0.717, 1.165) is 26.6 Å². The van der Waals surface area contributed by atoms with Crippen LogP contribution in [0, 0.1) is 0 Å². The molecule has 3 N–H and O–H groups in total. The standard InChI is InChI=1S/C27H30N6O9S/c1-4-5-11-28-32-13-12-31(26(32)40)25(39)29-19(17-9-7-6-8-10-17)21(35)30-27(41-3)23(38)33-20(22(36)37)18(14-42-16(2)34)15-43-24(27)33/h4-11,19,24H,12-15H2,1-3H3,(H,29,39)(H,30,35)(H,36,37)/t19-,24-,27?/m1/s1. The number of allylic oxidation sites excluding steroid dienone is 2. The number of carbonyl (C=O) groups excluding carboxylic acids is 5. The van der Waals surface area contributed by atoms with Crippen LogP contribution < -0.4 is 10.6 Å². The van der Waals surface area contributed by atoms with Crippen LogP contribution in [0.5, 0.6) is 0 Å². The highest BCUT2D eigenvalue weighted by molar-refractivity contribution is 8.00. The molecule has 3 aliphatic rings. The van der Waals surface area contributed by atoms with Gasteiger partial charge in [-0.25, -0.2) is 24.3 Å². The predicted octanol–water partition coefficient (Wildman–Crippen LogP) is 1.01. The molecule has 3 atom stereocenters. The van der Waals surface area contributed by atoms with E-state index in [-0.39, 0.29) is 36.7 Å². The molecule has 0 aromatic heterocycles. The molecular weight excluding hydrogens is 584 g/mol. The Balaban J connectivity index is 1.56. The Morgan fingerprint density at radius 1 is 1.21 bits per heavy atom. The van der Waals surface area contributed by atoms with Crippen molar-refractivity contribution < 1.29 is 43.3 Å². The first-order valence-corrected chi connectivity index (χ1v) is 14.1. The second kappa shape index (κ2) is 13.1. The zero-order chi connectivity index (χ0) is 31.3. The number of benzene rings is 1. The van der Waals surface area contributed by atoms with Crippen molar-refractivity contribution in [2.24, 2.45) is 5.10 Å². The van der Waals surface area contributed by atoms with E-state index in [0.29, 0.717) is 5.56 Å². The first kappa shape index (κ1) is 31.2. The molecule has 0 spiro atoms. The van der Waals surface area contributed by atoms with E-state index in [9.17, 15) is 33.9 Å². The van der Waals surface area contributed by atoms with E-state index in [2.05, 4.69) is 15.7 Å². The first-order chi connectivity index (χ1) is 20.5. The van der Waals surface area contributed by atoms with Crippen LogP contribution in [0.4, 0.5) is 9.59 Å². The number of hydrogen-bond donors (Lipinski definition) is 3. The second-order valence-corrected chi connectivity index (χ2v) is 10.5. The van der Waals surface area contributed by atoms with Gasteiger partial charge in [-0.1, -0.05) is 36.4 Å². The number of nitrogens with zero attached hydrogens (tertiary/aromatic N) is 4. The number of rotatable bonds is 10. The maximum atomic E-state index is 13.7. The third-order valence-electron chi connectivity index (χ3n) is 6.77. The molecule has 2 fully saturated rings. The fourth-order valence-corrected chi connectivity index (χ4v) is 6.09. The van der Waals surface area contributed by atoms with Gasteiger partial charge < -0.3 is 25.2 Å². The normalized spacial score (nSPS) is 22.5. The number of hydrogen-bond acceptors (Lipinski definition) is 10. The fraction of sp³-hybridized carbons (Fsp3) is 0.370. The van der Waals surface area contributed by atoms with Crippen molar-refractivity contribution in [1.29, 1.82) is 0 Å². The van der Waals surface area contributed by atoms with E-state index < -0.39 is 53.0 Å². The first-order valence-electron chi connectivity index (χ1n) is 13.1. The number of aliphatic carboxylic acids is 1. The Labute approximate surface area is 250 Å². The van der Waals surface area contributed by atoms with E-state index in [1.54, 1.807) is 49.4 Å². The summed E-state index contributed by atoms with van der Waals surface area (Å²) >= 11 is 1.11. The topological polar surface area (TPSA) is 187 Å². The van der Waals surface area contributed by atoms with Crippen molar-refractivity contribution in [2.45, 2.75) is 31.0 Å². The van der Waals surface area contributed by atoms with Crippen LogP contribution in [0.3, 0.4) is 0 Å². The number of methoxy groups -OCH3 is 1. The van der Waals surface area contributed by atoms with Gasteiger partial charge in [-0.05, 0) is 18.6 Å². The van der Waals surface area contributed by atoms with Gasteiger partial charge in [-0.15, -0.1) is 11.8 Å². The summed E-state index contributed by atoms with van der Waals surface area (Å²) in [7, 11) is 1.19. The molecule has 6 amide bonds. The molecule has 1 aromatic carbocycles. The number of carboxylic acids is 1. The number of nitrogens with one attached hydrogen (secondary N) is 2. The highest BCUT2D eigenvalue weighted by atomic mass is 32.2. The van der Waals surface area contributed by atoms with Gasteiger partial charge in [-0.3, -0.25) is 19.3 Å². The van der Waals surface area contributed by atoms with Crippen molar-refractivity contribution in [3.05, 3.63) is 59.3 Å². The predicted molar refractivity (Wildman–Crippen MR) is 152 cm³/mol. The van der Waals surface area contributed by atoms with Gasteiger partial charge in [0.05, 0.1) is 13.1 Å². The Morgan fingerprint density at radius 3 is 2.56 bits per heavy atom. The number of thioether (sulfide) groups is 1. The number of ether oxygens (including phenoxy) is 2. The molecule has 1 unspecified atom stereocenters. The smallest absolute Gasteiger partial charge is 0.352 e. The number of fused-ring (bicyclic) bond motifs is 1. The number of urea groups is 2. The number of carboxylic acid groups (broad SMARTS) is 1. The zero-order valence-corrected chi connectivity index (χ0v) is 24.3. The molecule has 3 heterocycles. The summed E-state index contributed by atoms with van der Waals surface area (Å²) < 4.78 is 10.5. The maximum Gasteiger partial charge on any atom is 0.352 e. The molecule has 4 rings (SSSR count). The minimum atomic E-state index is -1.96. The molecule has 43 heavy (non-hydrogen) atoms. The minimum Gasteiger partial charge on any atom is -0.477 e. The van der Waals surface area contributed by atoms with Crippen LogP contribution in [-0.2, 0) is 28.7 Å². The summed E-state index contributed by atoms with van der Waals surface area (Å²) in [5.41, 5.74) is -1.76. The van der Waals surface area contributed by atoms with Crippen LogP contribution in [0.15, 0.2) is 58.9 Å². The Morgan fingerprint density at radius 2 is 1.93 bits per heavy atom. The molecule has 228 valence electrons. The summed E-state index contributed by atoms with van der Waals surface area (Å²) in [6, 6.07) is 5.27. The third-order valence-corrected chi connectivity index (χ3v) is 8.15. The summed E-state index contributed by atoms with van der Waals surface area (Å²) in [6.07, 6.45) is 4.76. The molecule has 16 heteroatoms. The van der Waals surface area contributed by atoms with Crippen molar-refractivity contribution in [1.82, 2.24) is 25.4 Å². The number of imide groups is 1. The highest BCUT2D eigenvalue weighted by Gasteiger charge is 2.67. The molecule has 0 bridgehead atoms. The van der Waals surface area contributed by atoms with E-state index in [1.807, 2.05) is 0 Å². The molecule has 1 aromatic rings. The maximum absolute atomic E-state index is 13.7. The number of hydrazone groups is 1. The lowest BCUT2D eigenvalue weighted by molar-refractivity contribution is -0.193. The van der Waals surface area contributed by atoms with Crippen molar-refractivity contribution in [2.75, 3.05) is 32.6 Å². The minimum absolute atomic E-state index is 0.0229. The SMILES string of the molecule is CC=CC=NN1CCN(C(=O)N[C@@H](C(=O)NC2(OC)C(=O)N3C(C(=O)O)=C(COC(C)=O)CS[C@@H]32)c2ccccc2)C1=O. The number of esters is 1. The number of amides is 6. The quantitative estimate of drug-likeness (QED) is 0.149. The van der Waals surface area contributed by atoms with E-state index in [1.165, 1.54) is 20.2 Å². The Kier molecular flexibility index (Phi) is 9.50. The average molecular weight is 615 g/mol. The third kappa shape index (κ3) is 6.10. The van der Waals surface area contributed by atoms with Crippen molar-refractivity contribution >= 4 is 53.8 Å². The summed E-state index contributed by atoms with van der Waals surface area (Å²) in [6.45, 7) is 2.82. The van der Waals surface area contributed by atoms with Crippen LogP contribution in [-0.4, -0.2) is 106 Å². The van der Waals surface area contributed by atoms with Crippen molar-refractivity contribution in [3.8, 4) is 0 Å². The van der Waals surface area contributed by atoms with Crippen LogP contribution in [0.25, 0.3) is 0 Å². The summed E-state index contributed by atoms with van der Waals surface area (Å²) in [5.74, 6) is -3.65. The van der Waals surface area contributed by atoms with Gasteiger partial charge in [0.25, 0.3) is 11.6 Å². The lowest BCUT2D eigenvalue weighted by Crippen LogP contribution is -2.81. The monoisotopic (exact) mass is 614 g/mol. The molecular formula is C27H30N6O9S. The van der Waals surface area contributed by atoms with Gasteiger partial charge in [-0.2, -0.15) is 5.10 Å². The highest BCUT2D eigenvalue weighted by Crippen LogP contribution is 2.46. The summed E-state index contributed by atoms with van der Waals surface area (Å²) in [4.78, 5) is 78.4. The van der Waals surface area contributed by atoms with Crippen LogP contribution >= 0.6 is 11.8 Å².